The third kappa shape index (κ3) is 4.22. The summed E-state index contributed by atoms with van der Waals surface area (Å²) in [5.74, 6) is 0. The molecule has 0 saturated heterocycles. The molecular formula is C52H30O2. The zero-order valence-corrected chi connectivity index (χ0v) is 29.1. The Labute approximate surface area is 310 Å². The third-order valence-corrected chi connectivity index (χ3v) is 11.4. The van der Waals surface area contributed by atoms with Crippen LogP contribution in [0.1, 0.15) is 0 Å². The van der Waals surface area contributed by atoms with E-state index in [9.17, 15) is 0 Å². The van der Waals surface area contributed by atoms with Gasteiger partial charge >= 0.3 is 0 Å². The van der Waals surface area contributed by atoms with Gasteiger partial charge in [0.15, 0.2) is 0 Å². The van der Waals surface area contributed by atoms with Crippen LogP contribution in [0, 0.1) is 0 Å². The maximum Gasteiger partial charge on any atom is 0.147 e. The summed E-state index contributed by atoms with van der Waals surface area (Å²) in [6.45, 7) is 0. The van der Waals surface area contributed by atoms with Gasteiger partial charge in [-0.15, -0.1) is 0 Å². The highest BCUT2D eigenvalue weighted by atomic mass is 16.3. The van der Waals surface area contributed by atoms with Crippen LogP contribution in [0.15, 0.2) is 191 Å². The van der Waals surface area contributed by atoms with Crippen molar-refractivity contribution in [1.29, 1.82) is 0 Å². The van der Waals surface area contributed by atoms with Crippen LogP contribution in [0.25, 0.3) is 120 Å². The molecule has 250 valence electrons. The molecule has 0 amide bonds. The standard InChI is InChI=1S/C52H30O2/c1-2-12-37-31(10-1)11-9-18-39(37)50-42-16-5-3-14-40(42)49(41-15-4-6-17-43(41)50)36-23-22-32-28-33(20-21-34(32)29-36)35-24-25-45-48(30-35)53-47-27-26-44-38-13-7-8-19-46(38)54-52(44)51(45)47/h1-30H. The van der Waals surface area contributed by atoms with Crippen LogP contribution < -0.4 is 0 Å². The number of hydrogen-bond donors (Lipinski definition) is 0. The molecule has 0 N–H and O–H groups in total. The molecule has 0 aliphatic rings. The molecule has 10 aromatic carbocycles. The molecule has 0 spiro atoms. The Hall–Kier alpha value is -7.16. The van der Waals surface area contributed by atoms with Crippen LogP contribution in [0.3, 0.4) is 0 Å². The van der Waals surface area contributed by atoms with Crippen LogP contribution in [0.5, 0.6) is 0 Å². The molecule has 12 rings (SSSR count). The Morgan fingerprint density at radius 2 is 0.852 bits per heavy atom. The molecule has 2 nitrogen and oxygen atoms in total. The van der Waals surface area contributed by atoms with Gasteiger partial charge in [-0.1, -0.05) is 140 Å². The van der Waals surface area contributed by atoms with Gasteiger partial charge in [-0.3, -0.25) is 0 Å². The van der Waals surface area contributed by atoms with E-state index in [2.05, 4.69) is 170 Å². The van der Waals surface area contributed by atoms with E-state index >= 15 is 0 Å². The van der Waals surface area contributed by atoms with Gasteiger partial charge in [-0.25, -0.2) is 0 Å². The summed E-state index contributed by atoms with van der Waals surface area (Å²) in [5, 5.41) is 14.3. The average Bonchev–Trinajstić information content (AvgIpc) is 3.80. The minimum absolute atomic E-state index is 0.838. The lowest BCUT2D eigenvalue weighted by atomic mass is 9.84. The molecule has 2 heteroatoms. The number of furan rings is 2. The Morgan fingerprint density at radius 3 is 1.63 bits per heavy atom. The second kappa shape index (κ2) is 11.2. The maximum atomic E-state index is 6.44. The molecule has 54 heavy (non-hydrogen) atoms. The Balaban J connectivity index is 0.992. The molecule has 0 radical (unpaired) electrons. The maximum absolute atomic E-state index is 6.44. The van der Waals surface area contributed by atoms with Gasteiger partial charge < -0.3 is 8.83 Å². The molecule has 2 aromatic heterocycles. The van der Waals surface area contributed by atoms with Gasteiger partial charge in [-0.2, -0.15) is 0 Å². The summed E-state index contributed by atoms with van der Waals surface area (Å²) in [7, 11) is 0. The lowest BCUT2D eigenvalue weighted by molar-refractivity contribution is 0.663. The van der Waals surface area contributed by atoms with E-state index in [4.69, 9.17) is 8.83 Å². The smallest absolute Gasteiger partial charge is 0.147 e. The van der Waals surface area contributed by atoms with Crippen molar-refractivity contribution in [3.63, 3.8) is 0 Å². The quantitative estimate of drug-likeness (QED) is 0.173. The van der Waals surface area contributed by atoms with Crippen molar-refractivity contribution in [2.75, 3.05) is 0 Å². The highest BCUT2D eigenvalue weighted by Gasteiger charge is 2.19. The topological polar surface area (TPSA) is 26.3 Å². The molecule has 2 heterocycles. The first-order chi connectivity index (χ1) is 26.8. The van der Waals surface area contributed by atoms with Crippen LogP contribution in [0.2, 0.25) is 0 Å². The first kappa shape index (κ1) is 29.4. The highest BCUT2D eigenvalue weighted by Crippen LogP contribution is 2.46. The molecule has 0 fully saturated rings. The number of fused-ring (bicyclic) bond motifs is 11. The Bertz CT molecular complexity index is 3440. The predicted molar refractivity (Wildman–Crippen MR) is 227 cm³/mol. The van der Waals surface area contributed by atoms with Crippen molar-refractivity contribution in [3.8, 4) is 33.4 Å². The predicted octanol–water partition coefficient (Wildman–Crippen LogP) is 15.1. The Kier molecular flexibility index (Phi) is 6.09. The third-order valence-electron chi connectivity index (χ3n) is 11.4. The van der Waals surface area contributed by atoms with E-state index in [1.165, 1.54) is 65.3 Å². The highest BCUT2D eigenvalue weighted by molar-refractivity contribution is 6.24. The van der Waals surface area contributed by atoms with Gasteiger partial charge in [0.2, 0.25) is 0 Å². The molecule has 0 bridgehead atoms. The summed E-state index contributed by atoms with van der Waals surface area (Å²) >= 11 is 0. The first-order valence-corrected chi connectivity index (χ1v) is 18.5. The molecule has 0 aliphatic carbocycles. The van der Waals surface area contributed by atoms with Crippen molar-refractivity contribution < 1.29 is 8.83 Å². The second-order valence-corrected chi connectivity index (χ2v) is 14.4. The zero-order chi connectivity index (χ0) is 35.3. The lowest BCUT2D eigenvalue weighted by Crippen LogP contribution is -1.91. The van der Waals surface area contributed by atoms with Gasteiger partial charge in [0.05, 0.1) is 5.39 Å². The van der Waals surface area contributed by atoms with E-state index in [0.29, 0.717) is 0 Å². The molecule has 12 aromatic rings. The SMILES string of the molecule is c1ccc2c(-c3c4ccccc4c(-c4ccc5cc(-c6ccc7c(c6)oc6ccc8c9ccccc9oc8c67)ccc5c4)c4ccccc34)cccc2c1. The fraction of sp³-hybridized carbons (Fsp3) is 0. The number of rotatable bonds is 3. The summed E-state index contributed by atoms with van der Waals surface area (Å²) in [6.07, 6.45) is 0. The summed E-state index contributed by atoms with van der Waals surface area (Å²) < 4.78 is 12.8. The molecule has 0 aliphatic heterocycles. The van der Waals surface area contributed by atoms with Gasteiger partial charge in [0, 0.05) is 16.2 Å². The minimum atomic E-state index is 0.838. The monoisotopic (exact) mass is 686 g/mol. The van der Waals surface area contributed by atoms with Crippen LogP contribution in [-0.4, -0.2) is 0 Å². The van der Waals surface area contributed by atoms with E-state index in [1.54, 1.807) is 0 Å². The largest absolute Gasteiger partial charge is 0.456 e. The van der Waals surface area contributed by atoms with E-state index in [-0.39, 0.29) is 0 Å². The van der Waals surface area contributed by atoms with Crippen molar-refractivity contribution in [2.24, 2.45) is 0 Å². The van der Waals surface area contributed by atoms with E-state index < -0.39 is 0 Å². The first-order valence-electron chi connectivity index (χ1n) is 18.5. The lowest BCUT2D eigenvalue weighted by Gasteiger charge is -2.19. The van der Waals surface area contributed by atoms with Gasteiger partial charge in [0.25, 0.3) is 0 Å². The minimum Gasteiger partial charge on any atom is -0.456 e. The van der Waals surface area contributed by atoms with Crippen molar-refractivity contribution in [3.05, 3.63) is 182 Å². The van der Waals surface area contributed by atoms with E-state index in [1.807, 2.05) is 12.1 Å². The van der Waals surface area contributed by atoms with Crippen molar-refractivity contribution in [2.45, 2.75) is 0 Å². The van der Waals surface area contributed by atoms with Gasteiger partial charge in [-0.05, 0) is 119 Å². The number of hydrogen-bond acceptors (Lipinski definition) is 2. The average molecular weight is 687 g/mol. The van der Waals surface area contributed by atoms with E-state index in [0.717, 1.165) is 55.0 Å². The summed E-state index contributed by atoms with van der Waals surface area (Å²) in [5.41, 5.74) is 10.8. The molecular weight excluding hydrogens is 657 g/mol. The normalized spacial score (nSPS) is 12.1. The summed E-state index contributed by atoms with van der Waals surface area (Å²) in [4.78, 5) is 0. The van der Waals surface area contributed by atoms with Crippen LogP contribution >= 0.6 is 0 Å². The van der Waals surface area contributed by atoms with Crippen LogP contribution in [-0.2, 0) is 0 Å². The zero-order valence-electron chi connectivity index (χ0n) is 29.1. The Morgan fingerprint density at radius 1 is 0.278 bits per heavy atom. The molecule has 0 saturated carbocycles. The fourth-order valence-corrected chi connectivity index (χ4v) is 8.98. The molecule has 0 atom stereocenters. The van der Waals surface area contributed by atoms with Gasteiger partial charge in [0.1, 0.15) is 22.3 Å². The number of para-hydroxylation sites is 1. The van der Waals surface area contributed by atoms with Crippen molar-refractivity contribution in [1.82, 2.24) is 0 Å². The fourth-order valence-electron chi connectivity index (χ4n) is 8.98. The van der Waals surface area contributed by atoms with Crippen LogP contribution in [0.4, 0.5) is 0 Å². The summed E-state index contributed by atoms with van der Waals surface area (Å²) in [6, 6.07) is 65.8. The van der Waals surface area contributed by atoms with Crippen molar-refractivity contribution >= 4 is 87.0 Å². The number of benzene rings is 10. The second-order valence-electron chi connectivity index (χ2n) is 14.4. The molecule has 0 unspecified atom stereocenters.